The Morgan fingerprint density at radius 2 is 1.41 bits per heavy atom. The molecule has 0 amide bonds. The van der Waals surface area contributed by atoms with Gasteiger partial charge in [-0.15, -0.1) is 0 Å². The van der Waals surface area contributed by atoms with Crippen molar-refractivity contribution in [2.75, 3.05) is 31.1 Å². The molecule has 10 heteroatoms. The van der Waals surface area contributed by atoms with E-state index in [1.807, 2.05) is 67.6 Å². The molecule has 0 aliphatic carbocycles. The average Bonchev–Trinajstić information content (AvgIpc) is 3.51. The second-order valence-corrected chi connectivity index (χ2v) is 12.8. The number of anilines is 1. The van der Waals surface area contributed by atoms with E-state index >= 15 is 0 Å². The molecule has 1 aliphatic heterocycles. The summed E-state index contributed by atoms with van der Waals surface area (Å²) in [6.07, 6.45) is 1.59. The lowest BCUT2D eigenvalue weighted by atomic mass is 10.1. The summed E-state index contributed by atoms with van der Waals surface area (Å²) in [7, 11) is -3.96. The van der Waals surface area contributed by atoms with Crippen LogP contribution in [0.1, 0.15) is 16.7 Å². The van der Waals surface area contributed by atoms with Crippen molar-refractivity contribution in [1.29, 1.82) is 0 Å². The van der Waals surface area contributed by atoms with Crippen LogP contribution in [0.15, 0.2) is 108 Å². The van der Waals surface area contributed by atoms with Gasteiger partial charge in [-0.2, -0.15) is 17.6 Å². The van der Waals surface area contributed by atoms with E-state index in [1.54, 1.807) is 42.6 Å². The van der Waals surface area contributed by atoms with Gasteiger partial charge in [0.25, 0.3) is 10.0 Å². The van der Waals surface area contributed by atoms with Crippen molar-refractivity contribution in [3.05, 3.63) is 125 Å². The highest BCUT2D eigenvalue weighted by molar-refractivity contribution is 7.89. The molecule has 1 fully saturated rings. The Morgan fingerprint density at radius 1 is 0.818 bits per heavy atom. The quantitative estimate of drug-likeness (QED) is 0.194. The molecular formula is C34H33ClN4O4S. The summed E-state index contributed by atoms with van der Waals surface area (Å²) in [5, 5.41) is 8.42. The largest absolute Gasteiger partial charge is 0.488 e. The van der Waals surface area contributed by atoms with Crippen LogP contribution in [0.5, 0.6) is 11.5 Å². The van der Waals surface area contributed by atoms with Crippen LogP contribution in [0.4, 0.5) is 5.69 Å². The summed E-state index contributed by atoms with van der Waals surface area (Å²) in [6.45, 7) is 5.44. The third-order valence-corrected chi connectivity index (χ3v) is 9.30. The molecule has 8 nitrogen and oxygen atoms in total. The highest BCUT2D eigenvalue weighted by atomic mass is 35.5. The minimum absolute atomic E-state index is 0.159. The Kier molecular flexibility index (Phi) is 8.88. The number of piperazine rings is 1. The predicted octanol–water partition coefficient (Wildman–Crippen LogP) is 6.32. The average molecular weight is 629 g/mol. The Morgan fingerprint density at radius 3 is 2.02 bits per heavy atom. The van der Waals surface area contributed by atoms with Gasteiger partial charge in [0.1, 0.15) is 30.4 Å². The molecular weight excluding hydrogens is 596 g/mol. The second-order valence-electron chi connectivity index (χ2n) is 10.6. The minimum Gasteiger partial charge on any atom is -0.488 e. The van der Waals surface area contributed by atoms with Gasteiger partial charge in [-0.1, -0.05) is 90.0 Å². The molecule has 4 aromatic carbocycles. The van der Waals surface area contributed by atoms with E-state index in [-0.39, 0.29) is 4.90 Å². The van der Waals surface area contributed by atoms with Gasteiger partial charge in [-0.3, -0.25) is 0 Å². The highest BCUT2D eigenvalue weighted by Gasteiger charge is 2.27. The Hall–Kier alpha value is -4.31. The van der Waals surface area contributed by atoms with Crippen LogP contribution in [-0.4, -0.2) is 43.8 Å². The number of halogens is 1. The smallest absolute Gasteiger partial charge is 0.283 e. The van der Waals surface area contributed by atoms with E-state index in [0.717, 1.165) is 33.9 Å². The van der Waals surface area contributed by atoms with Crippen molar-refractivity contribution in [3.63, 3.8) is 0 Å². The molecule has 0 radical (unpaired) electrons. The molecule has 0 unspecified atom stereocenters. The van der Waals surface area contributed by atoms with Gasteiger partial charge < -0.3 is 19.7 Å². The normalized spacial score (nSPS) is 13.5. The van der Waals surface area contributed by atoms with Crippen molar-refractivity contribution < 1.29 is 17.9 Å². The van der Waals surface area contributed by atoms with Crippen molar-refractivity contribution >= 4 is 27.3 Å². The molecule has 0 saturated carbocycles. The molecule has 1 aromatic heterocycles. The maximum atomic E-state index is 13.8. The van der Waals surface area contributed by atoms with Gasteiger partial charge in [-0.05, 0) is 36.2 Å². The Bertz CT molecular complexity index is 1820. The van der Waals surface area contributed by atoms with E-state index in [1.165, 1.54) is 0 Å². The molecule has 1 N–H and O–H groups in total. The zero-order chi connectivity index (χ0) is 30.5. The maximum absolute atomic E-state index is 13.8. The van der Waals surface area contributed by atoms with Gasteiger partial charge in [0.05, 0.1) is 21.8 Å². The van der Waals surface area contributed by atoms with Gasteiger partial charge in [0, 0.05) is 37.8 Å². The zero-order valence-electron chi connectivity index (χ0n) is 24.3. The first-order chi connectivity index (χ1) is 21.4. The fourth-order valence-electron chi connectivity index (χ4n) is 5.04. The lowest BCUT2D eigenvalue weighted by Crippen LogP contribution is -2.43. The number of nitrogens with zero attached hydrogens (tertiary/aromatic N) is 3. The van der Waals surface area contributed by atoms with E-state index in [0.29, 0.717) is 59.8 Å². The van der Waals surface area contributed by atoms with Gasteiger partial charge in [0.2, 0.25) is 0 Å². The number of hydrogen-bond donors (Lipinski definition) is 1. The first kappa shape index (κ1) is 29.7. The maximum Gasteiger partial charge on any atom is 0.283 e. The van der Waals surface area contributed by atoms with E-state index in [2.05, 4.69) is 10.2 Å². The van der Waals surface area contributed by atoms with Gasteiger partial charge >= 0.3 is 0 Å². The summed E-state index contributed by atoms with van der Waals surface area (Å²) >= 11 is 6.82. The first-order valence-electron chi connectivity index (χ1n) is 14.4. The topological polar surface area (TPSA) is 85.7 Å². The molecule has 5 aromatic rings. The molecule has 6 rings (SSSR count). The highest BCUT2D eigenvalue weighted by Crippen LogP contribution is 2.42. The summed E-state index contributed by atoms with van der Waals surface area (Å²) in [4.78, 5) is 2.29. The number of ether oxygens (including phenoxy) is 2. The monoisotopic (exact) mass is 628 g/mol. The minimum atomic E-state index is -3.96. The lowest BCUT2D eigenvalue weighted by molar-refractivity contribution is 0.291. The molecule has 0 spiro atoms. The van der Waals surface area contributed by atoms with Crippen molar-refractivity contribution in [2.24, 2.45) is 0 Å². The number of rotatable bonds is 10. The summed E-state index contributed by atoms with van der Waals surface area (Å²) < 4.78 is 41.1. The van der Waals surface area contributed by atoms with E-state index in [4.69, 9.17) is 26.2 Å². The number of benzene rings is 4. The third-order valence-electron chi connectivity index (χ3n) is 7.46. The first-order valence-corrected chi connectivity index (χ1v) is 16.3. The van der Waals surface area contributed by atoms with Crippen LogP contribution < -0.4 is 19.7 Å². The van der Waals surface area contributed by atoms with E-state index < -0.39 is 10.0 Å². The third kappa shape index (κ3) is 6.60. The fourth-order valence-corrected chi connectivity index (χ4v) is 6.38. The predicted molar refractivity (Wildman–Crippen MR) is 173 cm³/mol. The Balaban J connectivity index is 1.44. The van der Waals surface area contributed by atoms with Crippen molar-refractivity contribution in [1.82, 2.24) is 14.5 Å². The molecule has 44 heavy (non-hydrogen) atoms. The van der Waals surface area contributed by atoms with Crippen LogP contribution in [-0.2, 0) is 23.2 Å². The van der Waals surface area contributed by atoms with Gasteiger partial charge in [0.15, 0.2) is 0 Å². The van der Waals surface area contributed by atoms with Crippen LogP contribution in [0.2, 0.25) is 5.02 Å². The summed E-state index contributed by atoms with van der Waals surface area (Å²) in [6, 6.07) is 29.9. The van der Waals surface area contributed by atoms with Crippen LogP contribution in [0.3, 0.4) is 0 Å². The zero-order valence-corrected chi connectivity index (χ0v) is 25.9. The second kappa shape index (κ2) is 13.1. The number of hydrogen-bond acceptors (Lipinski definition) is 7. The van der Waals surface area contributed by atoms with Crippen molar-refractivity contribution in [3.8, 4) is 22.8 Å². The number of aromatic nitrogens is 2. The fraction of sp³-hybridized carbons (Fsp3) is 0.206. The SMILES string of the molecule is Cc1ccc(S(=O)(=O)n2cc(N3CCNCC3)c(-c3cc(Cl)c(OCc4ccccc4)cc3OCc3ccccc3)n2)cc1. The number of nitrogens with one attached hydrogen (secondary N) is 1. The molecule has 1 aliphatic rings. The number of aryl methyl sites for hydroxylation is 1. The van der Waals surface area contributed by atoms with Crippen LogP contribution >= 0.6 is 11.6 Å². The molecule has 0 atom stereocenters. The summed E-state index contributed by atoms with van der Waals surface area (Å²) in [5.74, 6) is 0.938. The standard InChI is InChI=1S/C34H33ClN4O4S/c1-25-12-14-28(15-13-25)44(40,41)39-22-31(38-18-16-36-17-19-38)34(37-39)29-20-30(35)33(43-24-27-10-6-3-7-11-27)21-32(29)42-23-26-8-4-2-5-9-26/h2-15,20-22,36H,16-19,23-24H2,1H3. The van der Waals surface area contributed by atoms with Crippen molar-refractivity contribution in [2.45, 2.75) is 25.0 Å². The molecule has 226 valence electrons. The van der Waals surface area contributed by atoms with E-state index in [9.17, 15) is 8.42 Å². The van der Waals surface area contributed by atoms with Gasteiger partial charge in [-0.25, -0.2) is 0 Å². The summed E-state index contributed by atoms with van der Waals surface area (Å²) in [5.41, 5.74) is 4.67. The van der Waals surface area contributed by atoms with Crippen LogP contribution in [0.25, 0.3) is 11.3 Å². The molecule has 2 heterocycles. The Labute approximate surface area is 262 Å². The van der Waals surface area contributed by atoms with Crippen LogP contribution in [0, 0.1) is 6.92 Å². The molecule has 1 saturated heterocycles. The lowest BCUT2D eigenvalue weighted by Gasteiger charge is -2.29. The molecule has 0 bridgehead atoms.